The topological polar surface area (TPSA) is 50.1 Å². The summed E-state index contributed by atoms with van der Waals surface area (Å²) in [5, 5.41) is 8.58. The number of nitriles is 1. The Morgan fingerprint density at radius 2 is 2.00 bits per heavy atom. The van der Waals surface area contributed by atoms with Crippen molar-refractivity contribution >= 4 is 5.97 Å². The third kappa shape index (κ3) is 2.11. The molecule has 0 aliphatic heterocycles. The third-order valence-corrected chi connectivity index (χ3v) is 2.09. The zero-order chi connectivity index (χ0) is 10.6. The Balaban J connectivity index is 2.88. The van der Waals surface area contributed by atoms with E-state index in [1.54, 1.807) is 31.2 Å². The molecule has 72 valence electrons. The van der Waals surface area contributed by atoms with Crippen LogP contribution in [-0.4, -0.2) is 13.1 Å². The predicted molar refractivity (Wildman–Crippen MR) is 51.6 cm³/mol. The number of ether oxygens (including phenoxy) is 1. The fourth-order valence-corrected chi connectivity index (χ4v) is 1.16. The van der Waals surface area contributed by atoms with Crippen molar-refractivity contribution in [2.45, 2.75) is 12.8 Å². The van der Waals surface area contributed by atoms with E-state index >= 15 is 0 Å². The number of carbonyl (C=O) groups is 1. The zero-order valence-corrected chi connectivity index (χ0v) is 8.15. The summed E-state index contributed by atoms with van der Waals surface area (Å²) in [5.41, 5.74) is 1.45. The second-order valence-electron chi connectivity index (χ2n) is 2.98. The molecule has 3 heteroatoms. The van der Waals surface area contributed by atoms with Crippen LogP contribution in [0.25, 0.3) is 0 Å². The molecule has 0 fully saturated rings. The van der Waals surface area contributed by atoms with Crippen LogP contribution in [0.5, 0.6) is 0 Å². The van der Waals surface area contributed by atoms with Gasteiger partial charge >= 0.3 is 5.97 Å². The van der Waals surface area contributed by atoms with E-state index < -0.39 is 0 Å². The van der Waals surface area contributed by atoms with Gasteiger partial charge in [-0.25, -0.2) is 0 Å². The molecule has 1 aromatic carbocycles. The van der Waals surface area contributed by atoms with Gasteiger partial charge in [0.15, 0.2) is 0 Å². The van der Waals surface area contributed by atoms with E-state index in [0.29, 0.717) is 5.56 Å². The quantitative estimate of drug-likeness (QED) is 0.667. The minimum atomic E-state index is -0.284. The summed E-state index contributed by atoms with van der Waals surface area (Å²) in [4.78, 5) is 11.2. The van der Waals surface area contributed by atoms with Gasteiger partial charge in [-0.1, -0.05) is 12.1 Å². The first-order chi connectivity index (χ1) is 6.69. The summed E-state index contributed by atoms with van der Waals surface area (Å²) in [6.45, 7) is 1.77. The Morgan fingerprint density at radius 1 is 1.43 bits per heavy atom. The lowest BCUT2D eigenvalue weighted by Crippen LogP contribution is -2.10. The Labute approximate surface area is 82.9 Å². The first kappa shape index (κ1) is 10.3. The number of carbonyl (C=O) groups excluding carboxylic acids is 1. The standard InChI is InChI=1S/C11H11NO2/c1-8(11(13)14-2)10-5-3-9(7-12)4-6-10/h3-6,8H,1-2H3. The fourth-order valence-electron chi connectivity index (χ4n) is 1.16. The molecule has 1 unspecified atom stereocenters. The molecule has 0 saturated carbocycles. The maximum atomic E-state index is 11.2. The molecule has 0 aromatic heterocycles. The highest BCUT2D eigenvalue weighted by Crippen LogP contribution is 2.16. The van der Waals surface area contributed by atoms with Gasteiger partial charge in [-0.05, 0) is 24.6 Å². The molecule has 0 aliphatic rings. The van der Waals surface area contributed by atoms with Crippen LogP contribution in [0.2, 0.25) is 0 Å². The van der Waals surface area contributed by atoms with Crippen molar-refractivity contribution in [3.8, 4) is 6.07 Å². The summed E-state index contributed by atoms with van der Waals surface area (Å²) in [5.74, 6) is -0.553. The highest BCUT2D eigenvalue weighted by Gasteiger charge is 2.14. The average Bonchev–Trinajstić information content (AvgIpc) is 2.27. The number of hydrogen-bond donors (Lipinski definition) is 0. The van der Waals surface area contributed by atoms with E-state index in [1.807, 2.05) is 6.07 Å². The molecule has 0 bridgehead atoms. The Morgan fingerprint density at radius 3 is 2.43 bits per heavy atom. The van der Waals surface area contributed by atoms with Gasteiger partial charge in [0.2, 0.25) is 0 Å². The van der Waals surface area contributed by atoms with Crippen molar-refractivity contribution in [3.05, 3.63) is 35.4 Å². The van der Waals surface area contributed by atoms with Crippen molar-refractivity contribution < 1.29 is 9.53 Å². The van der Waals surface area contributed by atoms with Crippen LogP contribution in [0.4, 0.5) is 0 Å². The first-order valence-electron chi connectivity index (χ1n) is 4.27. The second-order valence-corrected chi connectivity index (χ2v) is 2.98. The van der Waals surface area contributed by atoms with Gasteiger partial charge in [0, 0.05) is 0 Å². The van der Waals surface area contributed by atoms with Crippen LogP contribution in [0, 0.1) is 11.3 Å². The molecule has 0 saturated heterocycles. The molecule has 0 amide bonds. The van der Waals surface area contributed by atoms with Crippen LogP contribution in [0.3, 0.4) is 0 Å². The van der Waals surface area contributed by atoms with Gasteiger partial charge in [-0.3, -0.25) is 4.79 Å². The summed E-state index contributed by atoms with van der Waals surface area (Å²) in [6.07, 6.45) is 0. The summed E-state index contributed by atoms with van der Waals surface area (Å²) >= 11 is 0. The number of methoxy groups -OCH3 is 1. The minimum absolute atomic E-state index is 0.269. The average molecular weight is 189 g/mol. The van der Waals surface area contributed by atoms with Crippen molar-refractivity contribution in [1.29, 1.82) is 5.26 Å². The monoisotopic (exact) mass is 189 g/mol. The van der Waals surface area contributed by atoms with Crippen LogP contribution in [0.15, 0.2) is 24.3 Å². The zero-order valence-electron chi connectivity index (χ0n) is 8.15. The normalized spacial score (nSPS) is 11.5. The first-order valence-corrected chi connectivity index (χ1v) is 4.27. The van der Waals surface area contributed by atoms with Crippen LogP contribution < -0.4 is 0 Å². The van der Waals surface area contributed by atoms with Crippen molar-refractivity contribution in [2.75, 3.05) is 7.11 Å². The van der Waals surface area contributed by atoms with Gasteiger partial charge in [0.25, 0.3) is 0 Å². The number of hydrogen-bond acceptors (Lipinski definition) is 3. The lowest BCUT2D eigenvalue weighted by atomic mass is 10.0. The minimum Gasteiger partial charge on any atom is -0.469 e. The van der Waals surface area contributed by atoms with E-state index in [1.165, 1.54) is 7.11 Å². The van der Waals surface area contributed by atoms with E-state index in [2.05, 4.69) is 4.74 Å². The molecule has 0 N–H and O–H groups in total. The fraction of sp³-hybridized carbons (Fsp3) is 0.273. The molecular weight excluding hydrogens is 178 g/mol. The summed E-state index contributed by atoms with van der Waals surface area (Å²) in [7, 11) is 1.36. The van der Waals surface area contributed by atoms with Gasteiger partial charge in [-0.2, -0.15) is 5.26 Å². The van der Waals surface area contributed by atoms with Crippen molar-refractivity contribution in [2.24, 2.45) is 0 Å². The highest BCUT2D eigenvalue weighted by molar-refractivity contribution is 5.77. The van der Waals surface area contributed by atoms with E-state index in [-0.39, 0.29) is 11.9 Å². The third-order valence-electron chi connectivity index (χ3n) is 2.09. The largest absolute Gasteiger partial charge is 0.469 e. The number of nitrogens with zero attached hydrogens (tertiary/aromatic N) is 1. The lowest BCUT2D eigenvalue weighted by Gasteiger charge is -2.08. The molecule has 3 nitrogen and oxygen atoms in total. The van der Waals surface area contributed by atoms with Crippen LogP contribution in [-0.2, 0) is 9.53 Å². The van der Waals surface area contributed by atoms with E-state index in [4.69, 9.17) is 5.26 Å². The molecule has 1 aromatic rings. The maximum absolute atomic E-state index is 11.2. The molecule has 14 heavy (non-hydrogen) atoms. The highest BCUT2D eigenvalue weighted by atomic mass is 16.5. The molecule has 0 radical (unpaired) electrons. The van der Waals surface area contributed by atoms with E-state index in [9.17, 15) is 4.79 Å². The molecule has 1 rings (SSSR count). The number of rotatable bonds is 2. The molecule has 0 spiro atoms. The smallest absolute Gasteiger partial charge is 0.312 e. The van der Waals surface area contributed by atoms with Gasteiger partial charge in [0.1, 0.15) is 0 Å². The number of esters is 1. The van der Waals surface area contributed by atoms with Gasteiger partial charge in [-0.15, -0.1) is 0 Å². The van der Waals surface area contributed by atoms with Crippen molar-refractivity contribution in [3.63, 3.8) is 0 Å². The SMILES string of the molecule is COC(=O)C(C)c1ccc(C#N)cc1. The Kier molecular flexibility index (Phi) is 3.24. The van der Waals surface area contributed by atoms with Crippen LogP contribution in [0.1, 0.15) is 24.0 Å². The van der Waals surface area contributed by atoms with Crippen LogP contribution >= 0.6 is 0 Å². The molecular formula is C11H11NO2. The van der Waals surface area contributed by atoms with Gasteiger partial charge < -0.3 is 4.74 Å². The summed E-state index contributed by atoms with van der Waals surface area (Å²) in [6, 6.07) is 8.93. The maximum Gasteiger partial charge on any atom is 0.312 e. The Hall–Kier alpha value is -1.82. The Bertz CT molecular complexity index is 362. The number of benzene rings is 1. The van der Waals surface area contributed by atoms with E-state index in [0.717, 1.165) is 5.56 Å². The second kappa shape index (κ2) is 4.43. The molecule has 0 aliphatic carbocycles. The van der Waals surface area contributed by atoms with Gasteiger partial charge in [0.05, 0.1) is 24.7 Å². The molecule has 1 atom stereocenters. The molecule has 0 heterocycles. The van der Waals surface area contributed by atoms with Crippen molar-refractivity contribution in [1.82, 2.24) is 0 Å². The predicted octanol–water partition coefficient (Wildman–Crippen LogP) is 1.83. The lowest BCUT2D eigenvalue weighted by molar-refractivity contribution is -0.141. The summed E-state index contributed by atoms with van der Waals surface area (Å²) < 4.78 is 4.62.